The van der Waals surface area contributed by atoms with Crippen molar-refractivity contribution in [3.8, 4) is 11.3 Å². The molecule has 0 aliphatic carbocycles. The van der Waals surface area contributed by atoms with Gasteiger partial charge in [-0.05, 0) is 30.2 Å². The molecule has 1 aromatic carbocycles. The molecule has 37 heavy (non-hydrogen) atoms. The molecule has 0 radical (unpaired) electrons. The summed E-state index contributed by atoms with van der Waals surface area (Å²) in [5, 5.41) is 22.1. The van der Waals surface area contributed by atoms with Gasteiger partial charge in [0.25, 0.3) is 0 Å². The summed E-state index contributed by atoms with van der Waals surface area (Å²) in [5.74, 6) is -1.81. The van der Waals surface area contributed by atoms with Gasteiger partial charge < -0.3 is 15.5 Å². The van der Waals surface area contributed by atoms with E-state index in [0.29, 0.717) is 34.6 Å². The first-order chi connectivity index (χ1) is 17.0. The van der Waals surface area contributed by atoms with Crippen LogP contribution in [0.5, 0.6) is 0 Å². The van der Waals surface area contributed by atoms with Crippen LogP contribution in [0.2, 0.25) is 0 Å². The van der Waals surface area contributed by atoms with Crippen molar-refractivity contribution >= 4 is 28.0 Å². The smallest absolute Gasteiger partial charge is 0.306 e. The minimum Gasteiger partial charge on any atom is -0.481 e. The molecule has 2 rings (SSSR count). The van der Waals surface area contributed by atoms with E-state index in [0.717, 1.165) is 10.6 Å². The summed E-state index contributed by atoms with van der Waals surface area (Å²) in [5.41, 5.74) is 1.81. The lowest BCUT2D eigenvalue weighted by molar-refractivity contribution is -0.138. The zero-order valence-corrected chi connectivity index (χ0v) is 23.5. The summed E-state index contributed by atoms with van der Waals surface area (Å²) in [6.07, 6.45) is 2.13. The number of benzene rings is 1. The van der Waals surface area contributed by atoms with Gasteiger partial charge in [0.15, 0.2) is 0 Å². The maximum atomic E-state index is 13.4. The first kappa shape index (κ1) is 32.1. The van der Waals surface area contributed by atoms with Gasteiger partial charge in [0.2, 0.25) is 16.0 Å². The number of hydrogen-bond donors (Lipinski definition) is 3. The van der Waals surface area contributed by atoms with Gasteiger partial charge in [0.05, 0.1) is 30.2 Å². The lowest BCUT2D eigenvalue weighted by atomic mass is 9.97. The molecule has 1 unspecified atom stereocenters. The second-order valence-corrected chi connectivity index (χ2v) is 11.6. The minimum atomic E-state index is -3.63. The van der Waals surface area contributed by atoms with Crippen LogP contribution in [0, 0.1) is 5.82 Å². The number of carbonyl (C=O) groups is 1. The Morgan fingerprint density at radius 3 is 2.03 bits per heavy atom. The average molecular weight is 539 g/mol. The third kappa shape index (κ3) is 10.9. The molecule has 0 aliphatic rings. The second-order valence-electron chi connectivity index (χ2n) is 9.56. The highest BCUT2D eigenvalue weighted by atomic mass is 32.2. The Kier molecular flexibility index (Phi) is 12.3. The van der Waals surface area contributed by atoms with Crippen molar-refractivity contribution in [3.63, 3.8) is 0 Å². The van der Waals surface area contributed by atoms with Gasteiger partial charge in [-0.1, -0.05) is 53.7 Å². The maximum Gasteiger partial charge on any atom is 0.306 e. The molecule has 206 valence electrons. The summed E-state index contributed by atoms with van der Waals surface area (Å²) < 4.78 is 38.4. The number of aromatic nitrogens is 2. The second kappa shape index (κ2) is 14.2. The van der Waals surface area contributed by atoms with E-state index in [1.807, 2.05) is 13.8 Å². The lowest BCUT2D eigenvalue weighted by Crippen LogP contribution is -2.29. The molecule has 9 nitrogen and oxygen atoms in total. The standard InChI is InChI=1S/C20H24FN3O5S.C6H15N/c1-12(2)18-16(10-9-15(25)11-17(26)27)19(13-5-7-14(21)8-6-13)23-20(22-18)24(3)30(4,28)29;1-5(2)7-6(3)4/h5-10,12,15,25H,11H2,1-4H3,(H,26,27);5-7H,1-4H3/b10-9+;. The van der Waals surface area contributed by atoms with E-state index < -0.39 is 34.3 Å². The Bertz CT molecular complexity index is 1160. The van der Waals surface area contributed by atoms with Crippen LogP contribution in [0.1, 0.15) is 65.1 Å². The van der Waals surface area contributed by atoms with Gasteiger partial charge in [0, 0.05) is 30.3 Å². The highest BCUT2D eigenvalue weighted by molar-refractivity contribution is 7.92. The number of halogens is 1. The van der Waals surface area contributed by atoms with Gasteiger partial charge in [-0.3, -0.25) is 4.79 Å². The molecule has 1 atom stereocenters. The molecular weight excluding hydrogens is 499 g/mol. The zero-order chi connectivity index (χ0) is 28.5. The minimum absolute atomic E-state index is 0.0521. The van der Waals surface area contributed by atoms with Gasteiger partial charge in [-0.2, -0.15) is 0 Å². The van der Waals surface area contributed by atoms with Gasteiger partial charge in [-0.25, -0.2) is 27.1 Å². The summed E-state index contributed by atoms with van der Waals surface area (Å²) >= 11 is 0. The number of rotatable bonds is 10. The van der Waals surface area contributed by atoms with Crippen LogP contribution in [-0.4, -0.2) is 66.1 Å². The molecular formula is C26H39FN4O5S. The van der Waals surface area contributed by atoms with Crippen LogP contribution >= 0.6 is 0 Å². The normalized spacial score (nSPS) is 12.7. The van der Waals surface area contributed by atoms with E-state index >= 15 is 0 Å². The Morgan fingerprint density at radius 2 is 1.62 bits per heavy atom. The molecule has 0 spiro atoms. The Balaban J connectivity index is 0.000000856. The Labute approximate surface area is 219 Å². The fourth-order valence-corrected chi connectivity index (χ4v) is 3.70. The van der Waals surface area contributed by atoms with Gasteiger partial charge >= 0.3 is 5.97 Å². The lowest BCUT2D eigenvalue weighted by Gasteiger charge is -2.20. The average Bonchev–Trinajstić information content (AvgIpc) is 2.75. The van der Waals surface area contributed by atoms with E-state index in [-0.39, 0.29) is 11.9 Å². The summed E-state index contributed by atoms with van der Waals surface area (Å²) in [7, 11) is -2.30. The number of carboxylic acid groups (broad SMARTS) is 1. The van der Waals surface area contributed by atoms with Crippen LogP contribution in [0.15, 0.2) is 30.3 Å². The van der Waals surface area contributed by atoms with E-state index in [4.69, 9.17) is 5.11 Å². The molecule has 0 amide bonds. The van der Waals surface area contributed by atoms with Crippen molar-refractivity contribution in [3.05, 3.63) is 47.4 Å². The predicted molar refractivity (Wildman–Crippen MR) is 145 cm³/mol. The van der Waals surface area contributed by atoms with Crippen LogP contribution in [0.4, 0.5) is 10.3 Å². The molecule has 1 heterocycles. The third-order valence-corrected chi connectivity index (χ3v) is 6.10. The van der Waals surface area contributed by atoms with Crippen molar-refractivity contribution in [2.75, 3.05) is 17.6 Å². The van der Waals surface area contributed by atoms with Crippen molar-refractivity contribution < 1.29 is 27.8 Å². The number of aliphatic hydroxyl groups is 1. The first-order valence-corrected chi connectivity index (χ1v) is 13.8. The van der Waals surface area contributed by atoms with E-state index in [9.17, 15) is 22.7 Å². The number of nitrogens with zero attached hydrogens (tertiary/aromatic N) is 3. The Morgan fingerprint density at radius 1 is 1.08 bits per heavy atom. The van der Waals surface area contributed by atoms with Crippen LogP contribution in [0.3, 0.4) is 0 Å². The van der Waals surface area contributed by atoms with Gasteiger partial charge in [-0.15, -0.1) is 0 Å². The topological polar surface area (TPSA) is 133 Å². The van der Waals surface area contributed by atoms with Crippen LogP contribution in [0.25, 0.3) is 17.3 Å². The number of sulfonamides is 1. The van der Waals surface area contributed by atoms with Gasteiger partial charge in [0.1, 0.15) is 5.82 Å². The molecule has 1 aromatic heterocycles. The molecule has 0 saturated heterocycles. The van der Waals surface area contributed by atoms with Crippen molar-refractivity contribution in [2.45, 2.75) is 72.1 Å². The number of anilines is 1. The fourth-order valence-electron chi connectivity index (χ4n) is 3.32. The molecule has 0 bridgehead atoms. The number of nitrogens with one attached hydrogen (secondary N) is 1. The van der Waals surface area contributed by atoms with Crippen molar-refractivity contribution in [2.24, 2.45) is 0 Å². The van der Waals surface area contributed by atoms with Crippen LogP contribution in [-0.2, 0) is 14.8 Å². The third-order valence-electron chi connectivity index (χ3n) is 4.94. The number of aliphatic hydroxyl groups excluding tert-OH is 1. The van der Waals surface area contributed by atoms with Crippen molar-refractivity contribution in [1.29, 1.82) is 0 Å². The van der Waals surface area contributed by atoms with Crippen LogP contribution < -0.4 is 9.62 Å². The molecule has 2 aromatic rings. The summed E-state index contributed by atoms with van der Waals surface area (Å²) in [4.78, 5) is 19.6. The number of hydrogen-bond acceptors (Lipinski definition) is 7. The summed E-state index contributed by atoms with van der Waals surface area (Å²) in [6, 6.07) is 6.74. The Hall–Kier alpha value is -2.89. The number of aliphatic carboxylic acids is 1. The van der Waals surface area contributed by atoms with E-state index in [2.05, 4.69) is 43.0 Å². The quantitative estimate of drug-likeness (QED) is 0.413. The molecule has 0 aliphatic heterocycles. The highest BCUT2D eigenvalue weighted by Gasteiger charge is 2.22. The first-order valence-electron chi connectivity index (χ1n) is 12.0. The monoisotopic (exact) mass is 538 g/mol. The van der Waals surface area contributed by atoms with E-state index in [1.54, 1.807) is 0 Å². The fraction of sp³-hybridized carbons (Fsp3) is 0.500. The molecule has 0 fully saturated rings. The number of carboxylic acids is 1. The van der Waals surface area contributed by atoms with E-state index in [1.165, 1.54) is 43.5 Å². The molecule has 11 heteroatoms. The highest BCUT2D eigenvalue weighted by Crippen LogP contribution is 2.31. The SMILES string of the molecule is CC(C)NC(C)C.CC(C)c1nc(N(C)S(C)(=O)=O)nc(-c2ccc(F)cc2)c1/C=C/C(O)CC(=O)O. The predicted octanol–water partition coefficient (Wildman–Crippen LogP) is 4.04. The summed E-state index contributed by atoms with van der Waals surface area (Å²) in [6.45, 7) is 12.3. The molecule has 3 N–H and O–H groups in total. The largest absolute Gasteiger partial charge is 0.481 e. The zero-order valence-electron chi connectivity index (χ0n) is 22.7. The van der Waals surface area contributed by atoms with Crippen molar-refractivity contribution in [1.82, 2.24) is 15.3 Å². The maximum absolute atomic E-state index is 13.4. The molecule has 0 saturated carbocycles.